The van der Waals surface area contributed by atoms with Gasteiger partial charge in [0.05, 0.1) is 0 Å². The quantitative estimate of drug-likeness (QED) is 0.528. The number of ether oxygens (including phenoxy) is 2. The van der Waals surface area contributed by atoms with Crippen molar-refractivity contribution in [1.82, 2.24) is 0 Å². The molecule has 2 bridgehead atoms. The van der Waals surface area contributed by atoms with Gasteiger partial charge in [0.1, 0.15) is 12.2 Å². The molecule has 4 nitrogen and oxygen atoms in total. The van der Waals surface area contributed by atoms with E-state index in [1.165, 1.54) is 0 Å². The first-order valence-electron chi connectivity index (χ1n) is 5.62. The van der Waals surface area contributed by atoms with Crippen LogP contribution in [0.1, 0.15) is 32.6 Å². The minimum Gasteiger partial charge on any atom is -0.458 e. The van der Waals surface area contributed by atoms with Crippen LogP contribution in [0.3, 0.4) is 0 Å². The van der Waals surface area contributed by atoms with Crippen LogP contribution in [0, 0.1) is 5.92 Å². The molecule has 2 rings (SSSR count). The average molecular weight is 224 g/mol. The number of carbonyl (C=O) groups is 2. The largest absolute Gasteiger partial charge is 0.458 e. The van der Waals surface area contributed by atoms with Crippen LogP contribution in [0.5, 0.6) is 0 Å². The van der Waals surface area contributed by atoms with Crippen LogP contribution in [-0.4, -0.2) is 24.1 Å². The van der Waals surface area contributed by atoms with Gasteiger partial charge in [-0.3, -0.25) is 4.79 Å². The van der Waals surface area contributed by atoms with Crippen LogP contribution in [0.2, 0.25) is 0 Å². The van der Waals surface area contributed by atoms with Gasteiger partial charge in [0.15, 0.2) is 0 Å². The molecule has 1 aliphatic heterocycles. The van der Waals surface area contributed by atoms with Gasteiger partial charge in [0.2, 0.25) is 0 Å². The van der Waals surface area contributed by atoms with Crippen molar-refractivity contribution in [3.8, 4) is 0 Å². The molecule has 0 aromatic carbocycles. The summed E-state index contributed by atoms with van der Waals surface area (Å²) in [5, 5.41) is 0. The van der Waals surface area contributed by atoms with E-state index >= 15 is 0 Å². The number of rotatable bonds is 2. The third kappa shape index (κ3) is 2.26. The molecule has 1 saturated carbocycles. The van der Waals surface area contributed by atoms with E-state index in [0.717, 1.165) is 19.3 Å². The molecule has 0 N–H and O–H groups in total. The lowest BCUT2D eigenvalue weighted by atomic mass is 9.81. The Morgan fingerprint density at radius 1 is 1.50 bits per heavy atom. The molecule has 3 unspecified atom stereocenters. The van der Waals surface area contributed by atoms with Gasteiger partial charge in [-0.15, -0.1) is 0 Å². The minimum absolute atomic E-state index is 0.169. The zero-order valence-corrected chi connectivity index (χ0v) is 9.40. The number of fused-ring (bicyclic) bond motifs is 2. The van der Waals surface area contributed by atoms with Gasteiger partial charge in [0, 0.05) is 12.0 Å². The van der Waals surface area contributed by atoms with Gasteiger partial charge < -0.3 is 9.47 Å². The zero-order chi connectivity index (χ0) is 11.7. The molecule has 0 radical (unpaired) electrons. The fourth-order valence-corrected chi connectivity index (χ4v) is 2.32. The van der Waals surface area contributed by atoms with Crippen LogP contribution in [0.25, 0.3) is 0 Å². The maximum absolute atomic E-state index is 11.4. The Bertz CT molecular complexity index is 334. The molecule has 88 valence electrons. The summed E-state index contributed by atoms with van der Waals surface area (Å²) in [6, 6.07) is 0. The highest BCUT2D eigenvalue weighted by Crippen LogP contribution is 2.35. The summed E-state index contributed by atoms with van der Waals surface area (Å²) in [5.74, 6) is -0.159. The maximum Gasteiger partial charge on any atom is 0.333 e. The lowest BCUT2D eigenvalue weighted by molar-refractivity contribution is -0.180. The van der Waals surface area contributed by atoms with Gasteiger partial charge in [-0.25, -0.2) is 4.79 Å². The van der Waals surface area contributed by atoms with Gasteiger partial charge in [-0.05, 0) is 32.1 Å². The summed E-state index contributed by atoms with van der Waals surface area (Å²) in [6.45, 7) is 5.14. The first-order chi connectivity index (χ1) is 7.56. The average Bonchev–Trinajstić information content (AvgIpc) is 2.21. The SMILES string of the molecule is C=C(C)C(=O)OC1CCC2CC(=O)OC1C2. The number of hydrogen-bond acceptors (Lipinski definition) is 4. The van der Waals surface area contributed by atoms with E-state index in [4.69, 9.17) is 9.47 Å². The Labute approximate surface area is 94.6 Å². The van der Waals surface area contributed by atoms with E-state index in [9.17, 15) is 9.59 Å². The van der Waals surface area contributed by atoms with Crippen molar-refractivity contribution >= 4 is 11.9 Å². The maximum atomic E-state index is 11.4. The van der Waals surface area contributed by atoms with Crippen molar-refractivity contribution in [3.63, 3.8) is 0 Å². The zero-order valence-electron chi connectivity index (χ0n) is 9.40. The van der Waals surface area contributed by atoms with Crippen molar-refractivity contribution in [2.24, 2.45) is 5.92 Å². The Hall–Kier alpha value is -1.32. The third-order valence-electron chi connectivity index (χ3n) is 3.18. The Balaban J connectivity index is 1.98. The van der Waals surface area contributed by atoms with Crippen molar-refractivity contribution in [3.05, 3.63) is 12.2 Å². The second kappa shape index (κ2) is 4.28. The fourth-order valence-electron chi connectivity index (χ4n) is 2.32. The second-order valence-corrected chi connectivity index (χ2v) is 4.64. The fraction of sp³-hybridized carbons (Fsp3) is 0.667. The molecule has 2 aliphatic rings. The second-order valence-electron chi connectivity index (χ2n) is 4.64. The number of esters is 2. The first kappa shape index (κ1) is 11.2. The molecule has 0 aromatic heterocycles. The normalized spacial score (nSPS) is 32.8. The Morgan fingerprint density at radius 3 is 2.94 bits per heavy atom. The molecule has 1 aliphatic carbocycles. The molecule has 2 fully saturated rings. The topological polar surface area (TPSA) is 52.6 Å². The molecule has 1 heterocycles. The molecule has 0 aromatic rings. The Kier molecular flexibility index (Phi) is 2.99. The number of carbonyl (C=O) groups excluding carboxylic acids is 2. The number of hydrogen-bond donors (Lipinski definition) is 0. The highest BCUT2D eigenvalue weighted by molar-refractivity contribution is 5.87. The van der Waals surface area contributed by atoms with Crippen molar-refractivity contribution in [2.45, 2.75) is 44.8 Å². The molecule has 3 atom stereocenters. The van der Waals surface area contributed by atoms with Gasteiger partial charge >= 0.3 is 11.9 Å². The molecule has 0 spiro atoms. The van der Waals surface area contributed by atoms with E-state index in [1.807, 2.05) is 0 Å². The van der Waals surface area contributed by atoms with Crippen LogP contribution in [0.4, 0.5) is 0 Å². The van der Waals surface area contributed by atoms with Crippen LogP contribution >= 0.6 is 0 Å². The van der Waals surface area contributed by atoms with E-state index < -0.39 is 5.97 Å². The lowest BCUT2D eigenvalue weighted by Gasteiger charge is -2.38. The van der Waals surface area contributed by atoms with E-state index in [2.05, 4.69) is 6.58 Å². The lowest BCUT2D eigenvalue weighted by Crippen LogP contribution is -2.44. The van der Waals surface area contributed by atoms with Gasteiger partial charge in [-0.1, -0.05) is 6.58 Å². The summed E-state index contributed by atoms with van der Waals surface area (Å²) >= 11 is 0. The highest BCUT2D eigenvalue weighted by Gasteiger charge is 2.40. The predicted molar refractivity (Wildman–Crippen MR) is 56.5 cm³/mol. The van der Waals surface area contributed by atoms with E-state index in [1.54, 1.807) is 6.92 Å². The van der Waals surface area contributed by atoms with Crippen LogP contribution in [-0.2, 0) is 19.1 Å². The first-order valence-corrected chi connectivity index (χ1v) is 5.62. The van der Waals surface area contributed by atoms with Crippen LogP contribution in [0.15, 0.2) is 12.2 Å². The summed E-state index contributed by atoms with van der Waals surface area (Å²) in [7, 11) is 0. The van der Waals surface area contributed by atoms with E-state index in [0.29, 0.717) is 17.9 Å². The summed E-state index contributed by atoms with van der Waals surface area (Å²) in [4.78, 5) is 22.7. The molecule has 1 saturated heterocycles. The Morgan fingerprint density at radius 2 is 2.25 bits per heavy atom. The van der Waals surface area contributed by atoms with Crippen molar-refractivity contribution < 1.29 is 19.1 Å². The summed E-state index contributed by atoms with van der Waals surface area (Å²) < 4.78 is 10.5. The molecule has 4 heteroatoms. The summed E-state index contributed by atoms with van der Waals surface area (Å²) in [6.07, 6.45) is 2.51. The standard InChI is InChI=1S/C12H16O4/c1-7(2)12(14)16-9-4-3-8-5-10(9)15-11(13)6-8/h8-10H,1,3-6H2,2H3. The van der Waals surface area contributed by atoms with Gasteiger partial charge in [-0.2, -0.15) is 0 Å². The highest BCUT2D eigenvalue weighted by atomic mass is 16.6. The predicted octanol–water partition coefficient (Wildman–Crippen LogP) is 1.59. The summed E-state index contributed by atoms with van der Waals surface area (Å²) in [5.41, 5.74) is 0.379. The minimum atomic E-state index is -0.398. The molecule has 0 amide bonds. The molecular formula is C12H16O4. The van der Waals surface area contributed by atoms with Crippen molar-refractivity contribution in [2.75, 3.05) is 0 Å². The third-order valence-corrected chi connectivity index (χ3v) is 3.18. The smallest absolute Gasteiger partial charge is 0.333 e. The molecule has 16 heavy (non-hydrogen) atoms. The van der Waals surface area contributed by atoms with Crippen LogP contribution < -0.4 is 0 Å². The van der Waals surface area contributed by atoms with E-state index in [-0.39, 0.29) is 18.2 Å². The van der Waals surface area contributed by atoms with Crippen molar-refractivity contribution in [1.29, 1.82) is 0 Å². The monoisotopic (exact) mass is 224 g/mol. The van der Waals surface area contributed by atoms with Gasteiger partial charge in [0.25, 0.3) is 0 Å². The molecular weight excluding hydrogens is 208 g/mol.